The largest absolute Gasteiger partial charge is 0.455 e. The Kier molecular flexibility index (Phi) is 5.98. The highest BCUT2D eigenvalue weighted by Crippen LogP contribution is 2.42. The fraction of sp³-hybridized carbons (Fsp3) is 0. The van der Waals surface area contributed by atoms with Crippen molar-refractivity contribution in [3.05, 3.63) is 146 Å². The average Bonchev–Trinajstić information content (AvgIpc) is 3.74. The van der Waals surface area contributed by atoms with Gasteiger partial charge < -0.3 is 4.42 Å². The van der Waals surface area contributed by atoms with Crippen molar-refractivity contribution in [2.24, 2.45) is 0 Å². The maximum absolute atomic E-state index is 6.59. The molecule has 10 rings (SSSR count). The third-order valence-corrected chi connectivity index (χ3v) is 10.1. The van der Waals surface area contributed by atoms with Crippen LogP contribution in [0.3, 0.4) is 0 Å². The second kappa shape index (κ2) is 10.7. The minimum atomic E-state index is 0.600. The summed E-state index contributed by atoms with van der Waals surface area (Å²) >= 11 is 1.77. The molecule has 0 aliphatic heterocycles. The lowest BCUT2D eigenvalue weighted by Gasteiger charge is -2.09. The first kappa shape index (κ1) is 26.9. The molecule has 0 aliphatic carbocycles. The molecule has 0 atom stereocenters. The van der Waals surface area contributed by atoms with E-state index in [2.05, 4.69) is 66.7 Å². The molecule has 6 heteroatoms. The van der Waals surface area contributed by atoms with Gasteiger partial charge in [0.2, 0.25) is 0 Å². The smallest absolute Gasteiger partial charge is 0.165 e. The Morgan fingerprint density at radius 3 is 1.96 bits per heavy atom. The van der Waals surface area contributed by atoms with E-state index in [4.69, 9.17) is 24.4 Å². The first-order valence-electron chi connectivity index (χ1n) is 15.8. The summed E-state index contributed by atoms with van der Waals surface area (Å²) in [5.74, 6) is 1.87. The molecule has 0 amide bonds. The molecule has 0 spiro atoms. The zero-order valence-corrected chi connectivity index (χ0v) is 26.3. The lowest BCUT2D eigenvalue weighted by atomic mass is 10.0. The van der Waals surface area contributed by atoms with Crippen LogP contribution >= 0.6 is 11.3 Å². The van der Waals surface area contributed by atoms with Crippen LogP contribution in [0.4, 0.5) is 0 Å². The molecular formula is C42H24N4OS. The molecule has 5 nitrogen and oxygen atoms in total. The summed E-state index contributed by atoms with van der Waals surface area (Å²) in [5.41, 5.74) is 7.23. The Hall–Kier alpha value is -6.24. The van der Waals surface area contributed by atoms with E-state index in [1.54, 1.807) is 11.3 Å². The minimum absolute atomic E-state index is 0.600. The highest BCUT2D eigenvalue weighted by atomic mass is 32.1. The van der Waals surface area contributed by atoms with Crippen LogP contribution in [0.2, 0.25) is 0 Å². The summed E-state index contributed by atoms with van der Waals surface area (Å²) in [7, 11) is 0. The van der Waals surface area contributed by atoms with E-state index in [1.165, 1.54) is 15.5 Å². The monoisotopic (exact) mass is 632 g/mol. The number of furan rings is 1. The first-order chi connectivity index (χ1) is 23.8. The molecule has 224 valence electrons. The zero-order chi connectivity index (χ0) is 31.6. The number of hydrogen-bond donors (Lipinski definition) is 0. The Balaban J connectivity index is 1.24. The van der Waals surface area contributed by atoms with Crippen LogP contribution in [0.25, 0.3) is 98.4 Å². The van der Waals surface area contributed by atoms with Crippen molar-refractivity contribution in [2.75, 3.05) is 0 Å². The molecule has 0 radical (unpaired) electrons. The first-order valence-corrected chi connectivity index (χ1v) is 16.6. The van der Waals surface area contributed by atoms with Gasteiger partial charge in [0, 0.05) is 53.2 Å². The summed E-state index contributed by atoms with van der Waals surface area (Å²) in [6.45, 7) is 0. The van der Waals surface area contributed by atoms with E-state index in [0.29, 0.717) is 17.5 Å². The number of hydrogen-bond acceptors (Lipinski definition) is 6. The molecule has 0 N–H and O–H groups in total. The molecule has 0 bridgehead atoms. The van der Waals surface area contributed by atoms with Crippen molar-refractivity contribution in [3.63, 3.8) is 0 Å². The normalized spacial score (nSPS) is 11.8. The van der Waals surface area contributed by atoms with Gasteiger partial charge in [0.25, 0.3) is 0 Å². The summed E-state index contributed by atoms with van der Waals surface area (Å²) in [6, 6.07) is 49.7. The van der Waals surface area contributed by atoms with Gasteiger partial charge in [-0.25, -0.2) is 19.9 Å². The Morgan fingerprint density at radius 1 is 0.458 bits per heavy atom. The van der Waals surface area contributed by atoms with Crippen molar-refractivity contribution in [1.29, 1.82) is 0 Å². The van der Waals surface area contributed by atoms with Crippen molar-refractivity contribution in [1.82, 2.24) is 19.9 Å². The van der Waals surface area contributed by atoms with E-state index in [0.717, 1.165) is 65.5 Å². The SMILES string of the molecule is c1ccc(-c2nc(-c3ccc4oc5c6ccccc6nc(-c6ccccc6)c5c4c3)nc(-c3cccc4c3sc3ccccc34)n2)cc1. The Labute approximate surface area is 278 Å². The van der Waals surface area contributed by atoms with Gasteiger partial charge in [0.05, 0.1) is 16.6 Å². The number of aromatic nitrogens is 4. The number of thiophene rings is 1. The average molecular weight is 633 g/mol. The summed E-state index contributed by atoms with van der Waals surface area (Å²) in [5, 5.41) is 5.37. The summed E-state index contributed by atoms with van der Waals surface area (Å²) in [4.78, 5) is 20.4. The lowest BCUT2D eigenvalue weighted by Crippen LogP contribution is -2.00. The highest BCUT2D eigenvalue weighted by Gasteiger charge is 2.20. The standard InChI is InChI=1S/C42H24N4OS/c1-3-12-25(13-4-1)37-36-32-24-27(22-23-34(32)47-38(36)30-17-7-9-20-33(30)43-37)41-44-40(26-14-5-2-6-15-26)45-42(46-41)31-19-11-18-29-28-16-8-10-21-35(28)48-39(29)31/h1-24H. The summed E-state index contributed by atoms with van der Waals surface area (Å²) in [6.07, 6.45) is 0. The van der Waals surface area contributed by atoms with E-state index < -0.39 is 0 Å². The predicted molar refractivity (Wildman–Crippen MR) is 197 cm³/mol. The number of para-hydroxylation sites is 1. The number of fused-ring (bicyclic) bond motifs is 8. The lowest BCUT2D eigenvalue weighted by molar-refractivity contribution is 0.672. The molecule has 48 heavy (non-hydrogen) atoms. The van der Waals surface area contributed by atoms with Crippen LogP contribution in [0, 0.1) is 0 Å². The van der Waals surface area contributed by atoms with E-state index in [9.17, 15) is 0 Å². The van der Waals surface area contributed by atoms with Crippen LogP contribution in [0.15, 0.2) is 150 Å². The minimum Gasteiger partial charge on any atom is -0.455 e. The van der Waals surface area contributed by atoms with E-state index >= 15 is 0 Å². The van der Waals surface area contributed by atoms with Crippen molar-refractivity contribution >= 4 is 64.4 Å². The van der Waals surface area contributed by atoms with Gasteiger partial charge in [0.15, 0.2) is 17.5 Å². The second-order valence-corrected chi connectivity index (χ2v) is 12.9. The van der Waals surface area contributed by atoms with Crippen molar-refractivity contribution in [3.8, 4) is 45.4 Å². The van der Waals surface area contributed by atoms with Gasteiger partial charge in [0.1, 0.15) is 11.2 Å². The Morgan fingerprint density at radius 2 is 1.12 bits per heavy atom. The fourth-order valence-electron chi connectivity index (χ4n) is 6.67. The molecule has 0 unspecified atom stereocenters. The number of benzene rings is 6. The molecule has 6 aromatic carbocycles. The third kappa shape index (κ3) is 4.24. The fourth-order valence-corrected chi connectivity index (χ4v) is 7.88. The van der Waals surface area contributed by atoms with Gasteiger partial charge >= 0.3 is 0 Å². The second-order valence-electron chi connectivity index (χ2n) is 11.8. The van der Waals surface area contributed by atoms with Gasteiger partial charge in [-0.15, -0.1) is 11.3 Å². The van der Waals surface area contributed by atoms with Gasteiger partial charge in [-0.1, -0.05) is 103 Å². The molecule has 4 aromatic heterocycles. The molecule has 0 saturated heterocycles. The molecule has 0 saturated carbocycles. The van der Waals surface area contributed by atoms with Gasteiger partial charge in [-0.05, 0) is 42.5 Å². The van der Waals surface area contributed by atoms with Crippen LogP contribution in [-0.4, -0.2) is 19.9 Å². The highest BCUT2D eigenvalue weighted by molar-refractivity contribution is 7.26. The van der Waals surface area contributed by atoms with E-state index in [1.807, 2.05) is 78.9 Å². The molecule has 10 aromatic rings. The topological polar surface area (TPSA) is 64.7 Å². The predicted octanol–water partition coefficient (Wildman–Crippen LogP) is 11.4. The number of pyridine rings is 1. The van der Waals surface area contributed by atoms with Crippen LogP contribution in [0.5, 0.6) is 0 Å². The quantitative estimate of drug-likeness (QED) is 0.193. The number of nitrogens with zero attached hydrogens (tertiary/aromatic N) is 4. The van der Waals surface area contributed by atoms with Gasteiger partial charge in [-0.3, -0.25) is 0 Å². The third-order valence-electron chi connectivity index (χ3n) is 8.92. The maximum atomic E-state index is 6.59. The Bertz CT molecular complexity index is 2840. The van der Waals surface area contributed by atoms with E-state index in [-0.39, 0.29) is 0 Å². The van der Waals surface area contributed by atoms with Gasteiger partial charge in [-0.2, -0.15) is 0 Å². The molecule has 4 heterocycles. The van der Waals surface area contributed by atoms with Crippen molar-refractivity contribution in [2.45, 2.75) is 0 Å². The van der Waals surface area contributed by atoms with Crippen LogP contribution < -0.4 is 0 Å². The van der Waals surface area contributed by atoms with Crippen LogP contribution in [-0.2, 0) is 0 Å². The molecular weight excluding hydrogens is 609 g/mol. The zero-order valence-electron chi connectivity index (χ0n) is 25.5. The molecule has 0 aliphatic rings. The summed E-state index contributed by atoms with van der Waals surface area (Å²) < 4.78 is 8.99. The maximum Gasteiger partial charge on any atom is 0.165 e. The number of rotatable bonds is 4. The van der Waals surface area contributed by atoms with Crippen molar-refractivity contribution < 1.29 is 4.42 Å². The van der Waals surface area contributed by atoms with Crippen LogP contribution in [0.1, 0.15) is 0 Å². The molecule has 0 fully saturated rings.